The van der Waals surface area contributed by atoms with Crippen LogP contribution in [0.3, 0.4) is 0 Å². The molecular weight excluding hydrogens is 273 g/mol. The van der Waals surface area contributed by atoms with E-state index in [1.807, 2.05) is 4.90 Å². The number of rotatable bonds is 3. The standard InChI is InChI=1S/C15H16FN3O2/c16-14-11(10-20)2-1-3-13(14)12-8-17-15(18-9-12)19-4-6-21-7-5-19/h1-3,8-9,20H,4-7,10H2. The monoisotopic (exact) mass is 289 g/mol. The predicted octanol–water partition coefficient (Wildman–Crippen LogP) is 1.61. The number of benzene rings is 1. The molecule has 110 valence electrons. The number of aromatic nitrogens is 2. The average molecular weight is 289 g/mol. The molecule has 0 bridgehead atoms. The first-order valence-electron chi connectivity index (χ1n) is 6.83. The van der Waals surface area contributed by atoms with Crippen molar-refractivity contribution in [2.75, 3.05) is 31.2 Å². The molecule has 0 spiro atoms. The van der Waals surface area contributed by atoms with Crippen LogP contribution in [0.2, 0.25) is 0 Å². The van der Waals surface area contributed by atoms with E-state index in [0.29, 0.717) is 30.3 Å². The van der Waals surface area contributed by atoms with Crippen LogP contribution < -0.4 is 4.90 Å². The Kier molecular flexibility index (Phi) is 4.08. The van der Waals surface area contributed by atoms with Crippen molar-refractivity contribution in [3.8, 4) is 11.1 Å². The minimum atomic E-state index is -0.428. The van der Waals surface area contributed by atoms with E-state index in [1.54, 1.807) is 30.6 Å². The molecule has 1 aliphatic heterocycles. The number of nitrogens with zero attached hydrogens (tertiary/aromatic N) is 3. The highest BCUT2D eigenvalue weighted by molar-refractivity contribution is 5.63. The van der Waals surface area contributed by atoms with E-state index in [-0.39, 0.29) is 12.2 Å². The number of morpholine rings is 1. The summed E-state index contributed by atoms with van der Waals surface area (Å²) in [7, 11) is 0. The zero-order valence-corrected chi connectivity index (χ0v) is 11.5. The smallest absolute Gasteiger partial charge is 0.225 e. The Morgan fingerprint density at radius 2 is 1.90 bits per heavy atom. The minimum Gasteiger partial charge on any atom is -0.392 e. The SMILES string of the molecule is OCc1cccc(-c2cnc(N3CCOCC3)nc2)c1F. The zero-order valence-electron chi connectivity index (χ0n) is 11.5. The van der Waals surface area contributed by atoms with Gasteiger partial charge in [0.25, 0.3) is 0 Å². The van der Waals surface area contributed by atoms with Crippen molar-refractivity contribution in [1.29, 1.82) is 0 Å². The van der Waals surface area contributed by atoms with Gasteiger partial charge in [-0.05, 0) is 0 Å². The fourth-order valence-electron chi connectivity index (χ4n) is 2.31. The first-order valence-corrected chi connectivity index (χ1v) is 6.83. The van der Waals surface area contributed by atoms with Gasteiger partial charge in [0.2, 0.25) is 5.95 Å². The lowest BCUT2D eigenvalue weighted by molar-refractivity contribution is 0.122. The van der Waals surface area contributed by atoms with Gasteiger partial charge >= 0.3 is 0 Å². The Morgan fingerprint density at radius 1 is 1.19 bits per heavy atom. The highest BCUT2D eigenvalue weighted by Gasteiger charge is 2.15. The second-order valence-electron chi connectivity index (χ2n) is 4.81. The average Bonchev–Trinajstić information content (AvgIpc) is 2.56. The largest absolute Gasteiger partial charge is 0.392 e. The van der Waals surface area contributed by atoms with Gasteiger partial charge in [-0.25, -0.2) is 14.4 Å². The molecule has 21 heavy (non-hydrogen) atoms. The summed E-state index contributed by atoms with van der Waals surface area (Å²) < 4.78 is 19.5. The van der Waals surface area contributed by atoms with Crippen molar-refractivity contribution in [1.82, 2.24) is 9.97 Å². The molecule has 1 aromatic heterocycles. The fraction of sp³-hybridized carbons (Fsp3) is 0.333. The Morgan fingerprint density at radius 3 is 2.57 bits per heavy atom. The van der Waals surface area contributed by atoms with E-state index in [2.05, 4.69) is 9.97 Å². The van der Waals surface area contributed by atoms with Crippen molar-refractivity contribution in [2.45, 2.75) is 6.61 Å². The van der Waals surface area contributed by atoms with Gasteiger partial charge in [0, 0.05) is 42.2 Å². The Hall–Kier alpha value is -2.05. The molecule has 5 nitrogen and oxygen atoms in total. The number of aliphatic hydroxyl groups excluding tert-OH is 1. The van der Waals surface area contributed by atoms with Crippen LogP contribution >= 0.6 is 0 Å². The number of halogens is 1. The third kappa shape index (κ3) is 2.86. The van der Waals surface area contributed by atoms with Crippen LogP contribution in [0.25, 0.3) is 11.1 Å². The van der Waals surface area contributed by atoms with E-state index in [1.165, 1.54) is 0 Å². The van der Waals surface area contributed by atoms with Gasteiger partial charge in [-0.3, -0.25) is 0 Å². The van der Waals surface area contributed by atoms with E-state index in [4.69, 9.17) is 9.84 Å². The molecule has 0 aliphatic carbocycles. The van der Waals surface area contributed by atoms with E-state index < -0.39 is 5.82 Å². The van der Waals surface area contributed by atoms with Crippen LogP contribution in [0.15, 0.2) is 30.6 Å². The zero-order chi connectivity index (χ0) is 14.7. The van der Waals surface area contributed by atoms with Gasteiger partial charge in [0.05, 0.1) is 19.8 Å². The minimum absolute atomic E-state index is 0.268. The summed E-state index contributed by atoms with van der Waals surface area (Å²) in [5.41, 5.74) is 1.26. The molecule has 1 aromatic carbocycles. The van der Waals surface area contributed by atoms with Gasteiger partial charge in [0.1, 0.15) is 5.82 Å². The van der Waals surface area contributed by atoms with Gasteiger partial charge in [0.15, 0.2) is 0 Å². The lowest BCUT2D eigenvalue weighted by Crippen LogP contribution is -2.37. The van der Waals surface area contributed by atoms with Gasteiger partial charge in [-0.2, -0.15) is 0 Å². The van der Waals surface area contributed by atoms with E-state index in [0.717, 1.165) is 13.1 Å². The Balaban J connectivity index is 1.87. The van der Waals surface area contributed by atoms with Crippen molar-refractivity contribution < 1.29 is 14.2 Å². The Bertz CT molecular complexity index is 613. The van der Waals surface area contributed by atoms with Crippen LogP contribution in [-0.4, -0.2) is 41.4 Å². The summed E-state index contributed by atoms with van der Waals surface area (Å²) >= 11 is 0. The second-order valence-corrected chi connectivity index (χ2v) is 4.81. The van der Waals surface area contributed by atoms with E-state index in [9.17, 15) is 4.39 Å². The van der Waals surface area contributed by atoms with Crippen molar-refractivity contribution in [3.63, 3.8) is 0 Å². The summed E-state index contributed by atoms with van der Waals surface area (Å²) in [6.07, 6.45) is 3.22. The summed E-state index contributed by atoms with van der Waals surface area (Å²) in [5, 5.41) is 9.11. The molecule has 0 unspecified atom stereocenters. The third-order valence-corrected chi connectivity index (χ3v) is 3.49. The number of ether oxygens (including phenoxy) is 1. The maximum atomic E-state index is 14.2. The van der Waals surface area contributed by atoms with Gasteiger partial charge < -0.3 is 14.7 Å². The van der Waals surface area contributed by atoms with Crippen LogP contribution in [0.5, 0.6) is 0 Å². The van der Waals surface area contributed by atoms with Gasteiger partial charge in [-0.15, -0.1) is 0 Å². The normalized spacial score (nSPS) is 15.2. The van der Waals surface area contributed by atoms with Crippen LogP contribution in [0.4, 0.5) is 10.3 Å². The maximum absolute atomic E-state index is 14.2. The number of hydrogen-bond acceptors (Lipinski definition) is 5. The molecule has 0 atom stereocenters. The van der Waals surface area contributed by atoms with E-state index >= 15 is 0 Å². The molecule has 1 fully saturated rings. The molecule has 1 aliphatic rings. The topological polar surface area (TPSA) is 58.5 Å². The van der Waals surface area contributed by atoms with Crippen molar-refractivity contribution >= 4 is 5.95 Å². The first kappa shape index (κ1) is 13.9. The third-order valence-electron chi connectivity index (χ3n) is 3.49. The number of anilines is 1. The summed E-state index contributed by atoms with van der Waals surface area (Å²) in [6, 6.07) is 4.92. The highest BCUT2D eigenvalue weighted by Crippen LogP contribution is 2.24. The molecule has 3 rings (SSSR count). The highest BCUT2D eigenvalue weighted by atomic mass is 19.1. The van der Waals surface area contributed by atoms with Crippen LogP contribution in [-0.2, 0) is 11.3 Å². The number of hydrogen-bond donors (Lipinski definition) is 1. The predicted molar refractivity (Wildman–Crippen MR) is 76.4 cm³/mol. The second kappa shape index (κ2) is 6.15. The van der Waals surface area contributed by atoms with Crippen molar-refractivity contribution in [2.24, 2.45) is 0 Å². The Labute approximate surface area is 122 Å². The van der Waals surface area contributed by atoms with Crippen LogP contribution in [0.1, 0.15) is 5.56 Å². The molecule has 0 saturated carbocycles. The lowest BCUT2D eigenvalue weighted by Gasteiger charge is -2.26. The van der Waals surface area contributed by atoms with Crippen molar-refractivity contribution in [3.05, 3.63) is 42.0 Å². The quantitative estimate of drug-likeness (QED) is 0.930. The molecule has 6 heteroatoms. The fourth-order valence-corrected chi connectivity index (χ4v) is 2.31. The molecule has 1 saturated heterocycles. The van der Waals surface area contributed by atoms with Gasteiger partial charge in [-0.1, -0.05) is 18.2 Å². The molecule has 2 heterocycles. The summed E-state index contributed by atoms with van der Waals surface area (Å²) in [4.78, 5) is 10.6. The number of aliphatic hydroxyl groups is 1. The molecule has 1 N–H and O–H groups in total. The first-order chi connectivity index (χ1) is 10.3. The van der Waals surface area contributed by atoms with Crippen LogP contribution in [0, 0.1) is 5.82 Å². The molecule has 2 aromatic rings. The summed E-state index contributed by atoms with van der Waals surface area (Å²) in [6.45, 7) is 2.52. The summed E-state index contributed by atoms with van der Waals surface area (Å²) in [5.74, 6) is 0.198. The molecular formula is C15H16FN3O2. The molecule has 0 amide bonds. The maximum Gasteiger partial charge on any atom is 0.225 e. The molecule has 0 radical (unpaired) electrons. The lowest BCUT2D eigenvalue weighted by atomic mass is 10.1.